The number of fused-ring (bicyclic) bond motifs is 1. The Hall–Kier alpha value is -2.05. The Morgan fingerprint density at radius 1 is 1.28 bits per heavy atom. The number of ether oxygens (including phenoxy) is 1. The zero-order valence-electron chi connectivity index (χ0n) is 15.1. The number of benzene rings is 1. The van der Waals surface area contributed by atoms with E-state index in [2.05, 4.69) is 10.3 Å². The van der Waals surface area contributed by atoms with Crippen LogP contribution in [0.4, 0.5) is 0 Å². The standard InChI is InChI=1S/C18H24N2O4.ClH/c1-6-24-17(23)15-10(2)14-11(7-8-12(21)16(14)20-15)13(22)9-19-18(3,4)5;/h7-8,19-21H,6,9H2,1-5H3;1H. The SMILES string of the molecule is CCOC(=O)c1[nH]c2c(O)ccc(C(=O)CNC(C)(C)C)c2c1C.Cl. The van der Waals surface area contributed by atoms with Crippen LogP contribution in [0.25, 0.3) is 10.9 Å². The molecule has 0 bridgehead atoms. The number of aromatic hydroxyl groups is 1. The normalized spacial score (nSPS) is 11.2. The first-order valence-corrected chi connectivity index (χ1v) is 7.95. The molecule has 2 aromatic rings. The number of hydrogen-bond acceptors (Lipinski definition) is 5. The number of phenolic OH excluding ortho intramolecular Hbond substituents is 1. The Kier molecular flexibility index (Phi) is 6.62. The maximum absolute atomic E-state index is 12.6. The zero-order valence-corrected chi connectivity index (χ0v) is 16.0. The highest BCUT2D eigenvalue weighted by Crippen LogP contribution is 2.32. The van der Waals surface area contributed by atoms with E-state index < -0.39 is 5.97 Å². The van der Waals surface area contributed by atoms with E-state index in [1.165, 1.54) is 6.07 Å². The second-order valence-corrected chi connectivity index (χ2v) is 6.75. The van der Waals surface area contributed by atoms with Crippen LogP contribution >= 0.6 is 12.4 Å². The summed E-state index contributed by atoms with van der Waals surface area (Å²) in [4.78, 5) is 27.5. The minimum absolute atomic E-state index is 0. The van der Waals surface area contributed by atoms with E-state index in [4.69, 9.17) is 4.74 Å². The first-order valence-electron chi connectivity index (χ1n) is 7.95. The molecule has 0 spiro atoms. The van der Waals surface area contributed by atoms with Gasteiger partial charge in [0.15, 0.2) is 5.78 Å². The van der Waals surface area contributed by atoms with Gasteiger partial charge in [0.1, 0.15) is 11.4 Å². The van der Waals surface area contributed by atoms with Gasteiger partial charge in [0, 0.05) is 16.5 Å². The second kappa shape index (κ2) is 7.89. The molecule has 0 aliphatic rings. The molecule has 0 saturated carbocycles. The molecule has 0 saturated heterocycles. The summed E-state index contributed by atoms with van der Waals surface area (Å²) in [6, 6.07) is 3.04. The third-order valence-electron chi connectivity index (χ3n) is 3.74. The number of hydrogen-bond donors (Lipinski definition) is 3. The van der Waals surface area contributed by atoms with E-state index in [1.807, 2.05) is 20.8 Å². The van der Waals surface area contributed by atoms with Crippen molar-refractivity contribution in [1.29, 1.82) is 0 Å². The van der Waals surface area contributed by atoms with Crippen molar-refractivity contribution in [2.24, 2.45) is 0 Å². The number of nitrogens with one attached hydrogen (secondary N) is 2. The fourth-order valence-corrected chi connectivity index (χ4v) is 2.53. The van der Waals surface area contributed by atoms with Crippen molar-refractivity contribution in [1.82, 2.24) is 10.3 Å². The lowest BCUT2D eigenvalue weighted by molar-refractivity contribution is 0.0519. The van der Waals surface area contributed by atoms with Crippen LogP contribution in [0.1, 0.15) is 54.1 Å². The number of aromatic amines is 1. The van der Waals surface area contributed by atoms with Crippen LogP contribution in [0.2, 0.25) is 0 Å². The second-order valence-electron chi connectivity index (χ2n) is 6.75. The highest BCUT2D eigenvalue weighted by atomic mass is 35.5. The summed E-state index contributed by atoms with van der Waals surface area (Å²) in [5.41, 5.74) is 1.50. The Morgan fingerprint density at radius 2 is 1.92 bits per heavy atom. The van der Waals surface area contributed by atoms with E-state index in [0.29, 0.717) is 22.0 Å². The molecular weight excluding hydrogens is 344 g/mol. The van der Waals surface area contributed by atoms with Crippen LogP contribution in [-0.4, -0.2) is 40.5 Å². The number of carbonyl (C=O) groups excluding carboxylic acids is 2. The van der Waals surface area contributed by atoms with Crippen molar-refractivity contribution in [3.8, 4) is 5.75 Å². The molecule has 1 aromatic carbocycles. The van der Waals surface area contributed by atoms with Gasteiger partial charge in [-0.3, -0.25) is 4.79 Å². The molecular formula is C18H25ClN2O4. The average molecular weight is 369 g/mol. The topological polar surface area (TPSA) is 91.4 Å². The predicted molar refractivity (Wildman–Crippen MR) is 100.0 cm³/mol. The number of Topliss-reactive ketones (excluding diaryl/α,β-unsaturated/α-hetero) is 1. The summed E-state index contributed by atoms with van der Waals surface area (Å²) >= 11 is 0. The number of carbonyl (C=O) groups is 2. The molecule has 25 heavy (non-hydrogen) atoms. The van der Waals surface area contributed by atoms with Gasteiger partial charge in [-0.15, -0.1) is 12.4 Å². The summed E-state index contributed by atoms with van der Waals surface area (Å²) in [5, 5.41) is 13.8. The van der Waals surface area contributed by atoms with E-state index >= 15 is 0 Å². The van der Waals surface area contributed by atoms with Gasteiger partial charge in [-0.1, -0.05) is 0 Å². The molecule has 7 heteroatoms. The summed E-state index contributed by atoms with van der Waals surface area (Å²) in [7, 11) is 0. The smallest absolute Gasteiger partial charge is 0.355 e. The molecule has 0 fully saturated rings. The molecule has 138 valence electrons. The van der Waals surface area contributed by atoms with Crippen molar-refractivity contribution in [2.45, 2.75) is 40.2 Å². The van der Waals surface area contributed by atoms with Gasteiger partial charge >= 0.3 is 5.97 Å². The molecule has 6 nitrogen and oxygen atoms in total. The predicted octanol–water partition coefficient (Wildman–Crippen LogP) is 3.35. The maximum atomic E-state index is 12.6. The Labute approximate surface area is 153 Å². The van der Waals surface area contributed by atoms with Gasteiger partial charge in [0.25, 0.3) is 0 Å². The van der Waals surface area contributed by atoms with Gasteiger partial charge < -0.3 is 20.1 Å². The van der Waals surface area contributed by atoms with Crippen LogP contribution in [-0.2, 0) is 4.74 Å². The van der Waals surface area contributed by atoms with Gasteiger partial charge in [-0.05, 0) is 52.3 Å². The number of esters is 1. The highest BCUT2D eigenvalue weighted by molar-refractivity contribution is 6.13. The summed E-state index contributed by atoms with van der Waals surface area (Å²) in [6.45, 7) is 9.82. The monoisotopic (exact) mass is 368 g/mol. The number of ketones is 1. The summed E-state index contributed by atoms with van der Waals surface area (Å²) in [6.07, 6.45) is 0. The summed E-state index contributed by atoms with van der Waals surface area (Å²) < 4.78 is 5.02. The Balaban J connectivity index is 0.00000312. The molecule has 1 aromatic heterocycles. The van der Waals surface area contributed by atoms with Crippen LogP contribution in [0.15, 0.2) is 12.1 Å². The van der Waals surface area contributed by atoms with Gasteiger partial charge in [0.05, 0.1) is 18.7 Å². The van der Waals surface area contributed by atoms with Gasteiger partial charge in [-0.25, -0.2) is 4.79 Å². The maximum Gasteiger partial charge on any atom is 0.355 e. The molecule has 0 aliphatic heterocycles. The molecule has 0 radical (unpaired) electrons. The zero-order chi connectivity index (χ0) is 18.1. The van der Waals surface area contributed by atoms with E-state index in [-0.39, 0.29) is 48.3 Å². The van der Waals surface area contributed by atoms with Crippen molar-refractivity contribution in [2.75, 3.05) is 13.2 Å². The van der Waals surface area contributed by atoms with Crippen molar-refractivity contribution < 1.29 is 19.4 Å². The third kappa shape index (κ3) is 4.52. The van der Waals surface area contributed by atoms with Crippen LogP contribution in [0.3, 0.4) is 0 Å². The molecule has 3 N–H and O–H groups in total. The van der Waals surface area contributed by atoms with Crippen molar-refractivity contribution >= 4 is 35.1 Å². The van der Waals surface area contributed by atoms with Crippen LogP contribution in [0.5, 0.6) is 5.75 Å². The van der Waals surface area contributed by atoms with Gasteiger partial charge in [-0.2, -0.15) is 0 Å². The van der Waals surface area contributed by atoms with Crippen LogP contribution in [0, 0.1) is 6.92 Å². The minimum Gasteiger partial charge on any atom is -0.506 e. The van der Waals surface area contributed by atoms with Crippen molar-refractivity contribution in [3.63, 3.8) is 0 Å². The molecule has 0 unspecified atom stereocenters. The lowest BCUT2D eigenvalue weighted by atomic mass is 10.0. The first-order chi connectivity index (χ1) is 11.2. The Bertz CT molecular complexity index is 790. The van der Waals surface area contributed by atoms with Crippen LogP contribution < -0.4 is 5.32 Å². The molecule has 1 heterocycles. The van der Waals surface area contributed by atoms with E-state index in [0.717, 1.165) is 0 Å². The van der Waals surface area contributed by atoms with E-state index in [1.54, 1.807) is 19.9 Å². The molecule has 0 atom stereocenters. The molecule has 2 rings (SSSR count). The number of aryl methyl sites for hydroxylation is 1. The van der Waals surface area contributed by atoms with Crippen molar-refractivity contribution in [3.05, 3.63) is 29.0 Å². The van der Waals surface area contributed by atoms with Gasteiger partial charge in [0.2, 0.25) is 0 Å². The minimum atomic E-state index is -0.503. The van der Waals surface area contributed by atoms with E-state index in [9.17, 15) is 14.7 Å². The fourth-order valence-electron chi connectivity index (χ4n) is 2.53. The third-order valence-corrected chi connectivity index (χ3v) is 3.74. The average Bonchev–Trinajstić information content (AvgIpc) is 2.84. The summed E-state index contributed by atoms with van der Waals surface area (Å²) in [5.74, 6) is -0.617. The number of H-pyrrole nitrogens is 1. The number of aromatic nitrogens is 1. The lowest BCUT2D eigenvalue weighted by Gasteiger charge is -2.20. The first kappa shape index (κ1) is 21.0. The number of rotatable bonds is 5. The fraction of sp³-hybridized carbons (Fsp3) is 0.444. The number of phenols is 1. The quantitative estimate of drug-likeness (QED) is 0.556. The molecule has 0 amide bonds. The Morgan fingerprint density at radius 3 is 2.48 bits per heavy atom. The largest absolute Gasteiger partial charge is 0.506 e. The number of halogens is 1. The lowest BCUT2D eigenvalue weighted by Crippen LogP contribution is -2.39. The molecule has 0 aliphatic carbocycles. The highest BCUT2D eigenvalue weighted by Gasteiger charge is 2.23.